The zero-order valence-corrected chi connectivity index (χ0v) is 12.2. The van der Waals surface area contributed by atoms with Gasteiger partial charge in [0.2, 0.25) is 0 Å². The molecule has 0 aliphatic heterocycles. The standard InChI is InChI=1S/C15H23N3O2/c1-3-16-14-10-12(9-11(2)17-14)15(20)18(7-8-19)13-5-4-6-13/h9-10,13,19H,3-8H2,1-2H3,(H,16,17). The van der Waals surface area contributed by atoms with Crippen LogP contribution in [0, 0.1) is 6.92 Å². The zero-order valence-electron chi connectivity index (χ0n) is 12.2. The number of aryl methyl sites for hydroxylation is 1. The molecule has 5 nitrogen and oxygen atoms in total. The summed E-state index contributed by atoms with van der Waals surface area (Å²) in [5.41, 5.74) is 1.47. The van der Waals surface area contributed by atoms with E-state index in [0.29, 0.717) is 12.1 Å². The van der Waals surface area contributed by atoms with Gasteiger partial charge in [0.25, 0.3) is 5.91 Å². The van der Waals surface area contributed by atoms with Gasteiger partial charge in [0.05, 0.1) is 6.61 Å². The molecule has 20 heavy (non-hydrogen) atoms. The minimum Gasteiger partial charge on any atom is -0.395 e. The predicted octanol–water partition coefficient (Wildman–Crippen LogP) is 1.81. The Morgan fingerprint density at radius 3 is 2.80 bits per heavy atom. The maximum atomic E-state index is 12.6. The molecule has 1 fully saturated rings. The second-order valence-electron chi connectivity index (χ2n) is 5.22. The quantitative estimate of drug-likeness (QED) is 0.832. The molecule has 2 N–H and O–H groups in total. The smallest absolute Gasteiger partial charge is 0.254 e. The van der Waals surface area contributed by atoms with Crippen LogP contribution in [0.25, 0.3) is 0 Å². The SMILES string of the molecule is CCNc1cc(C(=O)N(CCO)C2CCC2)cc(C)n1. The van der Waals surface area contributed by atoms with Gasteiger partial charge in [-0.15, -0.1) is 0 Å². The lowest BCUT2D eigenvalue weighted by molar-refractivity contribution is 0.0525. The molecule has 0 radical (unpaired) electrons. The molecular weight excluding hydrogens is 254 g/mol. The molecule has 1 aromatic heterocycles. The maximum absolute atomic E-state index is 12.6. The third-order valence-electron chi connectivity index (χ3n) is 3.68. The fraction of sp³-hybridized carbons (Fsp3) is 0.600. The summed E-state index contributed by atoms with van der Waals surface area (Å²) in [6, 6.07) is 3.89. The van der Waals surface area contributed by atoms with E-state index >= 15 is 0 Å². The van der Waals surface area contributed by atoms with Crippen molar-refractivity contribution in [3.8, 4) is 0 Å². The van der Waals surface area contributed by atoms with Gasteiger partial charge in [-0.2, -0.15) is 0 Å². The number of pyridine rings is 1. The van der Waals surface area contributed by atoms with Crippen LogP contribution in [0.1, 0.15) is 42.2 Å². The van der Waals surface area contributed by atoms with Gasteiger partial charge < -0.3 is 15.3 Å². The van der Waals surface area contributed by atoms with Crippen LogP contribution < -0.4 is 5.32 Å². The Morgan fingerprint density at radius 1 is 1.50 bits per heavy atom. The Hall–Kier alpha value is -1.62. The number of aromatic nitrogens is 1. The van der Waals surface area contributed by atoms with Crippen molar-refractivity contribution in [2.45, 2.75) is 39.2 Å². The van der Waals surface area contributed by atoms with E-state index in [9.17, 15) is 9.90 Å². The van der Waals surface area contributed by atoms with Crippen molar-refractivity contribution in [3.63, 3.8) is 0 Å². The summed E-state index contributed by atoms with van der Waals surface area (Å²) in [6.07, 6.45) is 3.24. The van der Waals surface area contributed by atoms with Crippen LogP contribution in [-0.2, 0) is 0 Å². The van der Waals surface area contributed by atoms with Crippen molar-refractivity contribution in [1.29, 1.82) is 0 Å². The number of carbonyl (C=O) groups excluding carboxylic acids is 1. The number of hydrogen-bond acceptors (Lipinski definition) is 4. The molecular formula is C15H23N3O2. The molecule has 0 unspecified atom stereocenters. The second-order valence-corrected chi connectivity index (χ2v) is 5.22. The lowest BCUT2D eigenvalue weighted by Gasteiger charge is -2.37. The maximum Gasteiger partial charge on any atom is 0.254 e. The number of aliphatic hydroxyl groups excluding tert-OH is 1. The van der Waals surface area contributed by atoms with E-state index in [1.54, 1.807) is 11.0 Å². The van der Waals surface area contributed by atoms with Gasteiger partial charge in [0, 0.05) is 30.4 Å². The normalized spacial score (nSPS) is 14.8. The summed E-state index contributed by atoms with van der Waals surface area (Å²) >= 11 is 0. The number of nitrogens with one attached hydrogen (secondary N) is 1. The fourth-order valence-electron chi connectivity index (χ4n) is 2.49. The zero-order chi connectivity index (χ0) is 14.5. The van der Waals surface area contributed by atoms with Gasteiger partial charge in [0.15, 0.2) is 0 Å². The Bertz CT molecular complexity index is 472. The van der Waals surface area contributed by atoms with Gasteiger partial charge in [0.1, 0.15) is 5.82 Å². The van der Waals surface area contributed by atoms with Gasteiger partial charge in [-0.3, -0.25) is 4.79 Å². The van der Waals surface area contributed by atoms with Gasteiger partial charge in [-0.1, -0.05) is 0 Å². The molecule has 1 aliphatic rings. The molecule has 1 aliphatic carbocycles. The van der Waals surface area contributed by atoms with E-state index in [1.165, 1.54) is 0 Å². The molecule has 1 saturated carbocycles. The second kappa shape index (κ2) is 6.70. The lowest BCUT2D eigenvalue weighted by Crippen LogP contribution is -2.45. The first kappa shape index (κ1) is 14.8. The summed E-state index contributed by atoms with van der Waals surface area (Å²) in [6.45, 7) is 5.07. The number of hydrogen-bond donors (Lipinski definition) is 2. The van der Waals surface area contributed by atoms with E-state index in [4.69, 9.17) is 0 Å². The van der Waals surface area contributed by atoms with Crippen molar-refractivity contribution in [3.05, 3.63) is 23.4 Å². The predicted molar refractivity (Wildman–Crippen MR) is 78.9 cm³/mol. The van der Waals surface area contributed by atoms with E-state index < -0.39 is 0 Å². The first-order valence-electron chi connectivity index (χ1n) is 7.30. The van der Waals surface area contributed by atoms with Crippen molar-refractivity contribution < 1.29 is 9.90 Å². The Labute approximate surface area is 120 Å². The number of carbonyl (C=O) groups is 1. The number of rotatable bonds is 6. The summed E-state index contributed by atoms with van der Waals surface area (Å²) < 4.78 is 0. The van der Waals surface area contributed by atoms with Gasteiger partial charge in [-0.25, -0.2) is 4.98 Å². The highest BCUT2D eigenvalue weighted by Crippen LogP contribution is 2.26. The molecule has 2 rings (SSSR count). The highest BCUT2D eigenvalue weighted by atomic mass is 16.3. The molecule has 5 heteroatoms. The van der Waals surface area contributed by atoms with Crippen molar-refractivity contribution in [1.82, 2.24) is 9.88 Å². The first-order valence-corrected chi connectivity index (χ1v) is 7.30. The van der Waals surface area contributed by atoms with Crippen LogP contribution in [0.2, 0.25) is 0 Å². The third-order valence-corrected chi connectivity index (χ3v) is 3.68. The molecule has 0 spiro atoms. The summed E-state index contributed by atoms with van der Waals surface area (Å²) in [5, 5.41) is 12.3. The van der Waals surface area contributed by atoms with Gasteiger partial charge in [-0.05, 0) is 45.2 Å². The minimum absolute atomic E-state index is 0.00611. The molecule has 1 aromatic rings. The molecule has 110 valence electrons. The van der Waals surface area contributed by atoms with Crippen LogP contribution in [0.15, 0.2) is 12.1 Å². The summed E-state index contributed by atoms with van der Waals surface area (Å²) in [7, 11) is 0. The first-order chi connectivity index (χ1) is 9.65. The molecule has 0 atom stereocenters. The highest BCUT2D eigenvalue weighted by molar-refractivity contribution is 5.95. The monoisotopic (exact) mass is 277 g/mol. The van der Waals surface area contributed by atoms with E-state index in [0.717, 1.165) is 37.3 Å². The van der Waals surface area contributed by atoms with Crippen molar-refractivity contribution in [2.24, 2.45) is 0 Å². The Kier molecular flexibility index (Phi) is 4.95. The number of amides is 1. The molecule has 1 heterocycles. The third kappa shape index (κ3) is 3.28. The number of nitrogens with zero attached hydrogens (tertiary/aromatic N) is 2. The lowest BCUT2D eigenvalue weighted by atomic mass is 9.91. The van der Waals surface area contributed by atoms with Crippen LogP contribution in [0.4, 0.5) is 5.82 Å². The Balaban J connectivity index is 2.21. The van der Waals surface area contributed by atoms with Crippen LogP contribution in [0.5, 0.6) is 0 Å². The largest absolute Gasteiger partial charge is 0.395 e. The summed E-state index contributed by atoms with van der Waals surface area (Å²) in [5.74, 6) is 0.724. The topological polar surface area (TPSA) is 65.5 Å². The highest BCUT2D eigenvalue weighted by Gasteiger charge is 2.29. The Morgan fingerprint density at radius 2 is 2.25 bits per heavy atom. The molecule has 0 bridgehead atoms. The molecule has 0 aromatic carbocycles. The molecule has 1 amide bonds. The van der Waals surface area contributed by atoms with Crippen LogP contribution in [0.3, 0.4) is 0 Å². The van der Waals surface area contributed by atoms with E-state index in [-0.39, 0.29) is 18.6 Å². The summed E-state index contributed by atoms with van der Waals surface area (Å²) in [4.78, 5) is 18.8. The van der Waals surface area contributed by atoms with Crippen molar-refractivity contribution >= 4 is 11.7 Å². The van der Waals surface area contributed by atoms with Crippen LogP contribution in [-0.4, -0.2) is 46.6 Å². The van der Waals surface area contributed by atoms with E-state index in [1.807, 2.05) is 19.9 Å². The van der Waals surface area contributed by atoms with Crippen LogP contribution >= 0.6 is 0 Å². The minimum atomic E-state index is -0.00611. The fourth-order valence-corrected chi connectivity index (χ4v) is 2.49. The van der Waals surface area contributed by atoms with Crippen molar-refractivity contribution in [2.75, 3.05) is 25.0 Å². The number of anilines is 1. The number of aliphatic hydroxyl groups is 1. The van der Waals surface area contributed by atoms with Gasteiger partial charge >= 0.3 is 0 Å². The molecule has 0 saturated heterocycles. The van der Waals surface area contributed by atoms with E-state index in [2.05, 4.69) is 10.3 Å². The average Bonchev–Trinajstić information content (AvgIpc) is 2.35. The average molecular weight is 277 g/mol.